The van der Waals surface area contributed by atoms with Crippen molar-refractivity contribution < 1.29 is 18.0 Å². The number of imide groups is 1. The molecule has 0 atom stereocenters. The summed E-state index contributed by atoms with van der Waals surface area (Å²) >= 11 is 18.2. The minimum atomic E-state index is -3.96. The molecule has 0 radical (unpaired) electrons. The van der Waals surface area contributed by atoms with Gasteiger partial charge in [0.05, 0.1) is 15.6 Å². The van der Waals surface area contributed by atoms with Crippen molar-refractivity contribution in [2.75, 3.05) is 14.9 Å². The molecule has 34 heavy (non-hydrogen) atoms. The second-order valence-electron chi connectivity index (χ2n) is 7.01. The molecular formula is C21H14Cl3N5O4S. The molecule has 1 aromatic heterocycles. The van der Waals surface area contributed by atoms with Crippen LogP contribution in [0.4, 0.5) is 17.3 Å². The van der Waals surface area contributed by atoms with E-state index < -0.39 is 21.8 Å². The van der Waals surface area contributed by atoms with Gasteiger partial charge in [-0.05, 0) is 55.5 Å². The van der Waals surface area contributed by atoms with Crippen LogP contribution in [0.1, 0.15) is 5.69 Å². The van der Waals surface area contributed by atoms with Crippen LogP contribution in [0.5, 0.6) is 0 Å². The molecule has 0 aliphatic carbocycles. The van der Waals surface area contributed by atoms with Crippen LogP contribution in [0.3, 0.4) is 0 Å². The first-order valence-electron chi connectivity index (χ1n) is 9.50. The van der Waals surface area contributed by atoms with Crippen LogP contribution in [0.15, 0.2) is 70.4 Å². The first-order valence-corrected chi connectivity index (χ1v) is 12.1. The smallest absolute Gasteiger partial charge is 0.283 e. The largest absolute Gasteiger partial charge is 0.350 e. The lowest BCUT2D eigenvalue weighted by Gasteiger charge is -2.17. The summed E-state index contributed by atoms with van der Waals surface area (Å²) in [6, 6.07) is 11.4. The highest BCUT2D eigenvalue weighted by atomic mass is 35.5. The van der Waals surface area contributed by atoms with Gasteiger partial charge in [0.2, 0.25) is 5.95 Å². The molecule has 2 amide bonds. The summed E-state index contributed by atoms with van der Waals surface area (Å²) in [4.78, 5) is 34.2. The predicted octanol–water partition coefficient (Wildman–Crippen LogP) is 4.33. The van der Waals surface area contributed by atoms with Crippen molar-refractivity contribution in [2.45, 2.75) is 11.8 Å². The van der Waals surface area contributed by atoms with Gasteiger partial charge in [0.1, 0.15) is 10.7 Å². The maximum Gasteiger partial charge on any atom is 0.283 e. The lowest BCUT2D eigenvalue weighted by molar-refractivity contribution is -0.120. The minimum absolute atomic E-state index is 0.0611. The fraction of sp³-hybridized carbons (Fsp3) is 0.0476. The van der Waals surface area contributed by atoms with E-state index in [0.29, 0.717) is 11.4 Å². The summed E-state index contributed by atoms with van der Waals surface area (Å²) in [5, 5.41) is 2.82. The van der Waals surface area contributed by atoms with Gasteiger partial charge in [-0.2, -0.15) is 0 Å². The molecule has 2 N–H and O–H groups in total. The number of anilines is 3. The van der Waals surface area contributed by atoms with Crippen LogP contribution in [0, 0.1) is 6.92 Å². The molecule has 4 rings (SSSR count). The molecule has 3 aromatic rings. The quantitative estimate of drug-likeness (QED) is 0.448. The molecule has 0 saturated carbocycles. The SMILES string of the molecule is Cc1ccnc(NS(=O)(=O)c2ccc(NC3=C(Cl)C(=O)N(c4cc(Cl)ccc4Cl)C3=O)cc2)n1. The van der Waals surface area contributed by atoms with E-state index in [1.54, 1.807) is 13.0 Å². The van der Waals surface area contributed by atoms with Gasteiger partial charge in [0.25, 0.3) is 21.8 Å². The van der Waals surface area contributed by atoms with Crippen molar-refractivity contribution in [2.24, 2.45) is 0 Å². The standard InChI is InChI=1S/C21H14Cl3N5O4S/c1-11-8-9-25-21(26-11)28-34(32,33)14-5-3-13(4-6-14)27-18-17(24)19(30)29(20(18)31)16-10-12(22)2-7-15(16)23/h2-10,27H,1H3,(H,25,26,28). The van der Waals surface area contributed by atoms with Crippen molar-refractivity contribution in [1.82, 2.24) is 9.97 Å². The Hall–Kier alpha value is -3.18. The summed E-state index contributed by atoms with van der Waals surface area (Å²) in [7, 11) is -3.96. The first-order chi connectivity index (χ1) is 16.1. The highest BCUT2D eigenvalue weighted by molar-refractivity contribution is 7.92. The highest BCUT2D eigenvalue weighted by Crippen LogP contribution is 2.35. The van der Waals surface area contributed by atoms with Gasteiger partial charge >= 0.3 is 0 Å². The number of hydrogen-bond donors (Lipinski definition) is 2. The third-order valence-corrected chi connectivity index (χ3v) is 6.88. The van der Waals surface area contributed by atoms with E-state index >= 15 is 0 Å². The second-order valence-corrected chi connectivity index (χ2v) is 9.91. The number of nitrogens with one attached hydrogen (secondary N) is 2. The summed E-state index contributed by atoms with van der Waals surface area (Å²) < 4.78 is 27.5. The van der Waals surface area contributed by atoms with Gasteiger partial charge < -0.3 is 5.32 Å². The molecule has 0 bridgehead atoms. The number of sulfonamides is 1. The van der Waals surface area contributed by atoms with Gasteiger partial charge in [0.15, 0.2) is 0 Å². The lowest BCUT2D eigenvalue weighted by atomic mass is 10.3. The second kappa shape index (κ2) is 9.22. The molecule has 2 heterocycles. The molecule has 2 aromatic carbocycles. The highest BCUT2D eigenvalue weighted by Gasteiger charge is 2.40. The fourth-order valence-electron chi connectivity index (χ4n) is 3.03. The number of rotatable bonds is 6. The van der Waals surface area contributed by atoms with E-state index in [2.05, 4.69) is 20.0 Å². The van der Waals surface area contributed by atoms with E-state index in [-0.39, 0.29) is 37.3 Å². The fourth-order valence-corrected chi connectivity index (χ4v) is 4.56. The zero-order chi connectivity index (χ0) is 24.6. The number of aryl methyl sites for hydroxylation is 1. The Labute approximate surface area is 209 Å². The van der Waals surface area contributed by atoms with Gasteiger partial charge in [-0.25, -0.2) is 28.0 Å². The van der Waals surface area contributed by atoms with Crippen molar-refractivity contribution >= 4 is 74.0 Å². The van der Waals surface area contributed by atoms with Crippen LogP contribution in [0.25, 0.3) is 0 Å². The minimum Gasteiger partial charge on any atom is -0.350 e. The number of halogens is 3. The average Bonchev–Trinajstić information content (AvgIpc) is 2.99. The van der Waals surface area contributed by atoms with Gasteiger partial charge in [-0.1, -0.05) is 34.8 Å². The number of nitrogens with zero attached hydrogens (tertiary/aromatic N) is 3. The monoisotopic (exact) mass is 537 g/mol. The molecule has 0 fully saturated rings. The van der Waals surface area contributed by atoms with E-state index in [9.17, 15) is 18.0 Å². The topological polar surface area (TPSA) is 121 Å². The van der Waals surface area contributed by atoms with Crippen LogP contribution >= 0.6 is 34.8 Å². The number of amides is 2. The maximum absolute atomic E-state index is 12.9. The average molecular weight is 539 g/mol. The van der Waals surface area contributed by atoms with Gasteiger partial charge in [-0.3, -0.25) is 9.59 Å². The number of carbonyl (C=O) groups excluding carboxylic acids is 2. The normalized spacial score (nSPS) is 14.1. The Morgan fingerprint density at radius 2 is 1.65 bits per heavy atom. The Morgan fingerprint density at radius 3 is 2.32 bits per heavy atom. The summed E-state index contributed by atoms with van der Waals surface area (Å²) in [5.41, 5.74) is 0.815. The molecule has 13 heteroatoms. The third-order valence-electron chi connectivity index (χ3n) is 4.63. The van der Waals surface area contributed by atoms with Gasteiger partial charge in [-0.15, -0.1) is 0 Å². The molecule has 1 aliphatic heterocycles. The molecular weight excluding hydrogens is 525 g/mol. The molecule has 0 unspecified atom stereocenters. The Kier molecular flexibility index (Phi) is 6.50. The predicted molar refractivity (Wildman–Crippen MR) is 129 cm³/mol. The van der Waals surface area contributed by atoms with Crippen LogP contribution in [-0.2, 0) is 19.6 Å². The molecule has 9 nitrogen and oxygen atoms in total. The van der Waals surface area contributed by atoms with E-state index in [0.717, 1.165) is 4.90 Å². The zero-order valence-corrected chi connectivity index (χ0v) is 20.3. The van der Waals surface area contributed by atoms with Gasteiger partial charge in [0, 0.05) is 22.6 Å². The Bertz CT molecular complexity index is 1460. The number of hydrogen-bond acceptors (Lipinski definition) is 7. The first kappa shape index (κ1) is 24.0. The van der Waals surface area contributed by atoms with E-state index in [1.807, 2.05) is 0 Å². The molecule has 0 saturated heterocycles. The lowest BCUT2D eigenvalue weighted by Crippen LogP contribution is -2.32. The van der Waals surface area contributed by atoms with E-state index in [4.69, 9.17) is 34.8 Å². The zero-order valence-electron chi connectivity index (χ0n) is 17.2. The number of carbonyl (C=O) groups is 2. The van der Waals surface area contributed by atoms with Crippen molar-refractivity contribution in [3.8, 4) is 0 Å². The maximum atomic E-state index is 12.9. The Balaban J connectivity index is 1.54. The van der Waals surface area contributed by atoms with Crippen molar-refractivity contribution in [3.05, 3.63) is 81.2 Å². The van der Waals surface area contributed by atoms with Crippen LogP contribution < -0.4 is 14.9 Å². The summed E-state index contributed by atoms with van der Waals surface area (Å²) in [6.45, 7) is 1.70. The summed E-state index contributed by atoms with van der Waals surface area (Å²) in [5.74, 6) is -1.58. The van der Waals surface area contributed by atoms with E-state index in [1.165, 1.54) is 48.7 Å². The Morgan fingerprint density at radius 1 is 0.941 bits per heavy atom. The van der Waals surface area contributed by atoms with Crippen molar-refractivity contribution in [3.63, 3.8) is 0 Å². The van der Waals surface area contributed by atoms with Crippen molar-refractivity contribution in [1.29, 1.82) is 0 Å². The summed E-state index contributed by atoms with van der Waals surface area (Å²) in [6.07, 6.45) is 1.43. The molecule has 174 valence electrons. The molecule has 0 spiro atoms. The third kappa shape index (κ3) is 4.71. The number of aromatic nitrogens is 2. The molecule has 1 aliphatic rings. The van der Waals surface area contributed by atoms with Crippen LogP contribution in [-0.4, -0.2) is 30.2 Å². The number of benzene rings is 2. The van der Waals surface area contributed by atoms with Crippen LogP contribution in [0.2, 0.25) is 10.0 Å².